The molecule has 1 aromatic carbocycles. The molecule has 4 nitrogen and oxygen atoms in total. The number of rotatable bonds is 4. The number of H-pyrrole nitrogens is 1. The molecule has 6 heteroatoms. The fourth-order valence-corrected chi connectivity index (χ4v) is 4.55. The number of benzene rings is 1. The molecule has 0 atom stereocenters. The topological polar surface area (TPSA) is 57.8 Å². The molecule has 3 aromatic heterocycles. The van der Waals surface area contributed by atoms with E-state index in [1.165, 1.54) is 5.56 Å². The number of thiophene rings is 1. The van der Waals surface area contributed by atoms with Crippen molar-refractivity contribution >= 4 is 39.5 Å². The summed E-state index contributed by atoms with van der Waals surface area (Å²) in [7, 11) is 0. The first-order chi connectivity index (χ1) is 12.5. The van der Waals surface area contributed by atoms with E-state index >= 15 is 0 Å². The standard InChI is InChI=1S/C20H19N3OS2/c1-11-12(2)22-17-6-4-14(8-16(11)17)20(24)21-9-15-5-7-19(26-15)18-10-25-13(3)23-18/h4-8,10,22H,9H2,1-3H3,(H,21,24). The van der Waals surface area contributed by atoms with Crippen molar-refractivity contribution < 1.29 is 4.79 Å². The predicted molar refractivity (Wildman–Crippen MR) is 109 cm³/mol. The molecule has 3 heterocycles. The van der Waals surface area contributed by atoms with E-state index in [9.17, 15) is 4.79 Å². The fraction of sp³-hybridized carbons (Fsp3) is 0.200. The van der Waals surface area contributed by atoms with Gasteiger partial charge in [-0.2, -0.15) is 0 Å². The molecular formula is C20H19N3OS2. The van der Waals surface area contributed by atoms with Gasteiger partial charge >= 0.3 is 0 Å². The van der Waals surface area contributed by atoms with Crippen LogP contribution in [-0.4, -0.2) is 15.9 Å². The van der Waals surface area contributed by atoms with Gasteiger partial charge in [0.1, 0.15) is 0 Å². The van der Waals surface area contributed by atoms with Crippen molar-refractivity contribution in [1.82, 2.24) is 15.3 Å². The molecule has 0 unspecified atom stereocenters. The largest absolute Gasteiger partial charge is 0.358 e. The number of carbonyl (C=O) groups is 1. The van der Waals surface area contributed by atoms with Crippen LogP contribution in [0.1, 0.15) is 31.5 Å². The van der Waals surface area contributed by atoms with E-state index in [1.807, 2.05) is 32.0 Å². The number of carbonyl (C=O) groups excluding carboxylic acids is 1. The van der Waals surface area contributed by atoms with Crippen LogP contribution in [0.2, 0.25) is 0 Å². The van der Waals surface area contributed by atoms with Crippen LogP contribution in [0, 0.1) is 20.8 Å². The van der Waals surface area contributed by atoms with Gasteiger partial charge in [0.05, 0.1) is 22.1 Å². The quantitative estimate of drug-likeness (QED) is 0.510. The summed E-state index contributed by atoms with van der Waals surface area (Å²) in [5.74, 6) is -0.0513. The molecule has 0 spiro atoms. The Hall–Kier alpha value is -2.44. The van der Waals surface area contributed by atoms with Gasteiger partial charge in [0.25, 0.3) is 5.91 Å². The first-order valence-corrected chi connectivity index (χ1v) is 10.1. The molecule has 2 N–H and O–H groups in total. The summed E-state index contributed by atoms with van der Waals surface area (Å²) in [6.07, 6.45) is 0. The van der Waals surface area contributed by atoms with Gasteiger partial charge in [0, 0.05) is 32.4 Å². The molecule has 0 aliphatic carbocycles. The number of aromatic amines is 1. The third-order valence-corrected chi connectivity index (χ3v) is 6.41. The van der Waals surface area contributed by atoms with Gasteiger partial charge in [-0.15, -0.1) is 22.7 Å². The zero-order chi connectivity index (χ0) is 18.3. The first kappa shape index (κ1) is 17.0. The first-order valence-electron chi connectivity index (χ1n) is 8.39. The molecule has 1 amide bonds. The number of aryl methyl sites for hydroxylation is 3. The van der Waals surface area contributed by atoms with E-state index in [2.05, 4.69) is 39.7 Å². The van der Waals surface area contributed by atoms with Gasteiger partial charge in [-0.05, 0) is 56.7 Å². The Morgan fingerprint density at radius 2 is 2.04 bits per heavy atom. The van der Waals surface area contributed by atoms with E-state index in [4.69, 9.17) is 0 Å². The van der Waals surface area contributed by atoms with Crippen molar-refractivity contribution in [3.63, 3.8) is 0 Å². The van der Waals surface area contributed by atoms with Crippen LogP contribution in [-0.2, 0) is 6.54 Å². The highest BCUT2D eigenvalue weighted by Crippen LogP contribution is 2.29. The lowest BCUT2D eigenvalue weighted by molar-refractivity contribution is 0.0951. The summed E-state index contributed by atoms with van der Waals surface area (Å²) in [4.78, 5) is 22.6. The van der Waals surface area contributed by atoms with Gasteiger partial charge in [0.2, 0.25) is 0 Å². The maximum atomic E-state index is 12.5. The lowest BCUT2D eigenvalue weighted by Gasteiger charge is -2.04. The monoisotopic (exact) mass is 381 g/mol. The number of fused-ring (bicyclic) bond motifs is 1. The van der Waals surface area contributed by atoms with Crippen LogP contribution in [0.3, 0.4) is 0 Å². The van der Waals surface area contributed by atoms with Crippen molar-refractivity contribution in [2.75, 3.05) is 0 Å². The van der Waals surface area contributed by atoms with E-state index in [1.54, 1.807) is 22.7 Å². The fourth-order valence-electron chi connectivity index (χ4n) is 2.96. The molecule has 0 bridgehead atoms. The number of hydrogen-bond donors (Lipinski definition) is 2. The average molecular weight is 382 g/mol. The van der Waals surface area contributed by atoms with Crippen molar-refractivity contribution in [1.29, 1.82) is 0 Å². The lowest BCUT2D eigenvalue weighted by atomic mass is 10.1. The Morgan fingerprint density at radius 1 is 1.19 bits per heavy atom. The molecule has 0 fully saturated rings. The molecule has 4 rings (SSSR count). The zero-order valence-electron chi connectivity index (χ0n) is 14.8. The minimum absolute atomic E-state index is 0.0513. The molecular weight excluding hydrogens is 362 g/mol. The van der Waals surface area contributed by atoms with Gasteiger partial charge < -0.3 is 10.3 Å². The van der Waals surface area contributed by atoms with Crippen LogP contribution < -0.4 is 5.32 Å². The smallest absolute Gasteiger partial charge is 0.251 e. The molecule has 4 aromatic rings. The van der Waals surface area contributed by atoms with Crippen LogP contribution >= 0.6 is 22.7 Å². The van der Waals surface area contributed by atoms with Crippen molar-refractivity contribution in [3.05, 3.63) is 62.4 Å². The Kier molecular flexibility index (Phi) is 4.38. The summed E-state index contributed by atoms with van der Waals surface area (Å²) in [6.45, 7) is 6.65. The number of hydrogen-bond acceptors (Lipinski definition) is 4. The highest BCUT2D eigenvalue weighted by molar-refractivity contribution is 7.16. The SMILES string of the molecule is Cc1nc(-c2ccc(CNC(=O)c3ccc4[nH]c(C)c(C)c4c3)s2)cs1. The van der Waals surface area contributed by atoms with Crippen LogP contribution in [0.15, 0.2) is 35.7 Å². The highest BCUT2D eigenvalue weighted by atomic mass is 32.1. The van der Waals surface area contributed by atoms with E-state index < -0.39 is 0 Å². The van der Waals surface area contributed by atoms with Gasteiger partial charge in [0.15, 0.2) is 0 Å². The second-order valence-corrected chi connectivity index (χ2v) is 8.57. The van der Waals surface area contributed by atoms with Gasteiger partial charge in [-0.1, -0.05) is 0 Å². The molecule has 0 radical (unpaired) electrons. The Balaban J connectivity index is 1.47. The second kappa shape index (κ2) is 6.70. The summed E-state index contributed by atoms with van der Waals surface area (Å²) in [6, 6.07) is 9.92. The normalized spacial score (nSPS) is 11.2. The Morgan fingerprint density at radius 3 is 2.81 bits per heavy atom. The minimum Gasteiger partial charge on any atom is -0.358 e. The predicted octanol–water partition coefficient (Wildman–Crippen LogP) is 5.21. The number of nitrogens with one attached hydrogen (secondary N) is 2. The Bertz CT molecular complexity index is 1100. The van der Waals surface area contributed by atoms with E-state index in [0.717, 1.165) is 37.1 Å². The van der Waals surface area contributed by atoms with Crippen LogP contribution in [0.4, 0.5) is 0 Å². The lowest BCUT2D eigenvalue weighted by Crippen LogP contribution is -2.22. The number of amides is 1. The summed E-state index contributed by atoms with van der Waals surface area (Å²) < 4.78 is 0. The zero-order valence-corrected chi connectivity index (χ0v) is 16.5. The van der Waals surface area contributed by atoms with Crippen molar-refractivity contribution in [2.24, 2.45) is 0 Å². The third-order valence-electron chi connectivity index (χ3n) is 4.53. The minimum atomic E-state index is -0.0513. The highest BCUT2D eigenvalue weighted by Gasteiger charge is 2.11. The average Bonchev–Trinajstić information content (AvgIpc) is 3.33. The molecule has 132 valence electrons. The van der Waals surface area contributed by atoms with Crippen LogP contribution in [0.25, 0.3) is 21.5 Å². The van der Waals surface area contributed by atoms with E-state index in [0.29, 0.717) is 12.1 Å². The number of aromatic nitrogens is 2. The molecule has 0 saturated heterocycles. The number of thiazole rings is 1. The molecule has 26 heavy (non-hydrogen) atoms. The maximum Gasteiger partial charge on any atom is 0.251 e. The Labute approximate surface area is 159 Å². The summed E-state index contributed by atoms with van der Waals surface area (Å²) in [5.41, 5.74) is 5.10. The molecule has 0 aliphatic rings. The second-order valence-electron chi connectivity index (χ2n) is 6.34. The summed E-state index contributed by atoms with van der Waals surface area (Å²) in [5, 5.41) is 7.26. The van der Waals surface area contributed by atoms with Gasteiger partial charge in [-0.25, -0.2) is 4.98 Å². The van der Waals surface area contributed by atoms with E-state index in [-0.39, 0.29) is 5.91 Å². The maximum absolute atomic E-state index is 12.5. The molecule has 0 saturated carbocycles. The number of nitrogens with zero attached hydrogens (tertiary/aromatic N) is 1. The van der Waals surface area contributed by atoms with Crippen molar-refractivity contribution in [2.45, 2.75) is 27.3 Å². The van der Waals surface area contributed by atoms with Gasteiger partial charge in [-0.3, -0.25) is 4.79 Å². The molecule has 0 aliphatic heterocycles. The third kappa shape index (κ3) is 3.18. The van der Waals surface area contributed by atoms with Crippen LogP contribution in [0.5, 0.6) is 0 Å². The van der Waals surface area contributed by atoms with Crippen molar-refractivity contribution in [3.8, 4) is 10.6 Å². The summed E-state index contributed by atoms with van der Waals surface area (Å²) >= 11 is 3.32.